The van der Waals surface area contributed by atoms with Crippen molar-refractivity contribution in [1.82, 2.24) is 5.32 Å². The molecule has 3 nitrogen and oxygen atoms in total. The van der Waals surface area contributed by atoms with Crippen LogP contribution in [0.3, 0.4) is 0 Å². The maximum atomic E-state index is 9.71. The fourth-order valence-corrected chi connectivity index (χ4v) is 1.36. The van der Waals surface area contributed by atoms with E-state index in [-0.39, 0.29) is 0 Å². The fourth-order valence-electron chi connectivity index (χ4n) is 1.36. The lowest BCUT2D eigenvalue weighted by Crippen LogP contribution is -2.39. The third-order valence-electron chi connectivity index (χ3n) is 2.64. The molecule has 1 fully saturated rings. The van der Waals surface area contributed by atoms with Gasteiger partial charge in [0.1, 0.15) is 0 Å². The van der Waals surface area contributed by atoms with Gasteiger partial charge < -0.3 is 15.2 Å². The van der Waals surface area contributed by atoms with Crippen LogP contribution in [0, 0.1) is 0 Å². The minimum absolute atomic E-state index is 0.298. The van der Waals surface area contributed by atoms with E-state index in [0.717, 1.165) is 25.9 Å². The lowest BCUT2D eigenvalue weighted by molar-refractivity contribution is -0.0692. The van der Waals surface area contributed by atoms with E-state index in [2.05, 4.69) is 5.32 Å². The van der Waals surface area contributed by atoms with Crippen LogP contribution in [0.25, 0.3) is 0 Å². The molecule has 2 N–H and O–H groups in total. The van der Waals surface area contributed by atoms with Crippen LogP contribution in [0.1, 0.15) is 33.1 Å². The highest BCUT2D eigenvalue weighted by Crippen LogP contribution is 2.13. The Labute approximate surface area is 80.5 Å². The van der Waals surface area contributed by atoms with Gasteiger partial charge in [0.2, 0.25) is 0 Å². The summed E-state index contributed by atoms with van der Waals surface area (Å²) in [5, 5.41) is 13.0. The summed E-state index contributed by atoms with van der Waals surface area (Å²) in [6, 6.07) is 0. The Morgan fingerprint density at radius 2 is 2.38 bits per heavy atom. The maximum Gasteiger partial charge on any atom is 0.0849 e. The van der Waals surface area contributed by atoms with Crippen LogP contribution in [0.4, 0.5) is 0 Å². The smallest absolute Gasteiger partial charge is 0.0849 e. The molecule has 0 aromatic rings. The molecule has 1 heterocycles. The van der Waals surface area contributed by atoms with E-state index in [1.54, 1.807) is 0 Å². The summed E-state index contributed by atoms with van der Waals surface area (Å²) in [5.74, 6) is 0. The van der Waals surface area contributed by atoms with E-state index in [1.807, 2.05) is 13.8 Å². The highest BCUT2D eigenvalue weighted by molar-refractivity contribution is 4.73. The Morgan fingerprint density at radius 1 is 1.62 bits per heavy atom. The van der Waals surface area contributed by atoms with Gasteiger partial charge in [0.15, 0.2) is 0 Å². The Bertz CT molecular complexity index is 142. The summed E-state index contributed by atoms with van der Waals surface area (Å²) in [6.45, 7) is 6.28. The van der Waals surface area contributed by atoms with Crippen molar-refractivity contribution >= 4 is 0 Å². The van der Waals surface area contributed by atoms with Crippen LogP contribution < -0.4 is 5.32 Å². The molecule has 3 heteroatoms. The molecule has 1 aliphatic rings. The molecular weight excluding hydrogens is 166 g/mol. The van der Waals surface area contributed by atoms with Crippen molar-refractivity contribution in [3.05, 3.63) is 0 Å². The third-order valence-corrected chi connectivity index (χ3v) is 2.64. The zero-order chi connectivity index (χ0) is 9.73. The maximum absolute atomic E-state index is 9.71. The van der Waals surface area contributed by atoms with Crippen molar-refractivity contribution in [1.29, 1.82) is 0 Å². The second-order valence-corrected chi connectivity index (χ2v) is 4.13. The van der Waals surface area contributed by atoms with E-state index in [4.69, 9.17) is 4.74 Å². The molecule has 0 aromatic heterocycles. The van der Waals surface area contributed by atoms with Gasteiger partial charge in [0.25, 0.3) is 0 Å². The average Bonchev–Trinajstić information content (AvgIpc) is 2.17. The molecule has 0 amide bonds. The number of hydrogen-bond acceptors (Lipinski definition) is 3. The predicted octanol–water partition coefficient (Wildman–Crippen LogP) is 0.916. The van der Waals surface area contributed by atoms with Gasteiger partial charge in [0, 0.05) is 6.54 Å². The zero-order valence-corrected chi connectivity index (χ0v) is 8.68. The van der Waals surface area contributed by atoms with Crippen molar-refractivity contribution in [3.8, 4) is 0 Å². The molecular formula is C10H21NO2. The average molecular weight is 187 g/mol. The van der Waals surface area contributed by atoms with Gasteiger partial charge in [-0.05, 0) is 32.7 Å². The monoisotopic (exact) mass is 187 g/mol. The molecule has 78 valence electrons. The molecule has 0 saturated carbocycles. The van der Waals surface area contributed by atoms with E-state index >= 15 is 0 Å². The van der Waals surface area contributed by atoms with Gasteiger partial charge in [0.05, 0.1) is 18.3 Å². The van der Waals surface area contributed by atoms with E-state index < -0.39 is 5.60 Å². The molecule has 0 bridgehead atoms. The first kappa shape index (κ1) is 11.0. The second kappa shape index (κ2) is 4.94. The van der Waals surface area contributed by atoms with Crippen molar-refractivity contribution in [2.75, 3.05) is 19.7 Å². The molecule has 1 rings (SSSR count). The largest absolute Gasteiger partial charge is 0.388 e. The Hall–Kier alpha value is -0.120. The van der Waals surface area contributed by atoms with Gasteiger partial charge in [-0.25, -0.2) is 0 Å². The quantitative estimate of drug-likeness (QED) is 0.687. The van der Waals surface area contributed by atoms with E-state index in [1.165, 1.54) is 6.42 Å². The van der Waals surface area contributed by atoms with Crippen LogP contribution in [0.2, 0.25) is 0 Å². The van der Waals surface area contributed by atoms with Crippen LogP contribution in [-0.2, 0) is 4.74 Å². The zero-order valence-electron chi connectivity index (χ0n) is 8.68. The number of nitrogens with one attached hydrogen (secondary N) is 1. The number of rotatable bonds is 4. The van der Waals surface area contributed by atoms with E-state index in [0.29, 0.717) is 12.7 Å². The summed E-state index contributed by atoms with van der Waals surface area (Å²) in [5.41, 5.74) is -0.655. The first-order valence-electron chi connectivity index (χ1n) is 5.19. The first-order valence-corrected chi connectivity index (χ1v) is 5.19. The second-order valence-electron chi connectivity index (χ2n) is 4.13. The lowest BCUT2D eigenvalue weighted by atomic mass is 10.1. The Balaban J connectivity index is 2.17. The molecule has 13 heavy (non-hydrogen) atoms. The van der Waals surface area contributed by atoms with Crippen molar-refractivity contribution < 1.29 is 9.84 Å². The van der Waals surface area contributed by atoms with Crippen LogP contribution in [0.15, 0.2) is 0 Å². The van der Waals surface area contributed by atoms with Gasteiger partial charge in [-0.15, -0.1) is 0 Å². The SMILES string of the molecule is CCC(C)(O)CO[C@H]1CCCNC1. The number of piperidine rings is 1. The highest BCUT2D eigenvalue weighted by Gasteiger charge is 2.21. The van der Waals surface area contributed by atoms with Crippen molar-refractivity contribution in [3.63, 3.8) is 0 Å². The molecule has 1 saturated heterocycles. The highest BCUT2D eigenvalue weighted by atomic mass is 16.5. The van der Waals surface area contributed by atoms with Gasteiger partial charge in [-0.2, -0.15) is 0 Å². The third kappa shape index (κ3) is 4.07. The Kier molecular flexibility index (Phi) is 4.16. The predicted molar refractivity (Wildman–Crippen MR) is 52.8 cm³/mol. The van der Waals surface area contributed by atoms with Crippen LogP contribution >= 0.6 is 0 Å². The normalized spacial score (nSPS) is 28.4. The summed E-state index contributed by atoms with van der Waals surface area (Å²) < 4.78 is 5.63. The molecule has 0 aromatic carbocycles. The van der Waals surface area contributed by atoms with Crippen molar-refractivity contribution in [2.45, 2.75) is 44.8 Å². The molecule has 1 aliphatic heterocycles. The van der Waals surface area contributed by atoms with Gasteiger partial charge >= 0.3 is 0 Å². The summed E-state index contributed by atoms with van der Waals surface area (Å²) >= 11 is 0. The van der Waals surface area contributed by atoms with Gasteiger partial charge in [-0.3, -0.25) is 0 Å². The van der Waals surface area contributed by atoms with Crippen molar-refractivity contribution in [2.24, 2.45) is 0 Å². The topological polar surface area (TPSA) is 41.5 Å². The lowest BCUT2D eigenvalue weighted by Gasteiger charge is -2.28. The first-order chi connectivity index (χ1) is 6.14. The summed E-state index contributed by atoms with van der Waals surface area (Å²) in [4.78, 5) is 0. The fraction of sp³-hybridized carbons (Fsp3) is 1.00. The Morgan fingerprint density at radius 3 is 2.92 bits per heavy atom. The standard InChI is InChI=1S/C10H21NO2/c1-3-10(2,12)8-13-9-5-4-6-11-7-9/h9,11-12H,3-8H2,1-2H3/t9-,10?/m0/s1. The molecule has 1 unspecified atom stereocenters. The number of ether oxygens (including phenoxy) is 1. The number of aliphatic hydroxyl groups is 1. The number of hydrogen-bond donors (Lipinski definition) is 2. The minimum atomic E-state index is -0.655. The summed E-state index contributed by atoms with van der Waals surface area (Å²) in [7, 11) is 0. The molecule has 0 spiro atoms. The van der Waals surface area contributed by atoms with Gasteiger partial charge in [-0.1, -0.05) is 6.92 Å². The van der Waals surface area contributed by atoms with Crippen LogP contribution in [-0.4, -0.2) is 36.5 Å². The molecule has 0 radical (unpaired) electrons. The minimum Gasteiger partial charge on any atom is -0.388 e. The van der Waals surface area contributed by atoms with E-state index in [9.17, 15) is 5.11 Å². The van der Waals surface area contributed by atoms with Crippen LogP contribution in [0.5, 0.6) is 0 Å². The summed E-state index contributed by atoms with van der Waals surface area (Å²) in [6.07, 6.45) is 3.34. The molecule has 0 aliphatic carbocycles. The molecule has 2 atom stereocenters.